The van der Waals surface area contributed by atoms with Gasteiger partial charge in [-0.1, -0.05) is 0 Å². The molecule has 7 heteroatoms. The number of aliphatic carboxylic acids is 1. The number of halogens is 2. The monoisotopic (exact) mass is 213 g/mol. The number of H-pyrrole nitrogens is 1. The fraction of sp³-hybridized carbons (Fsp3) is 0.200. The Morgan fingerprint density at radius 2 is 2.25 bits per heavy atom. The van der Waals surface area contributed by atoms with Crippen LogP contribution >= 0.6 is 24.8 Å². The molecule has 0 aliphatic heterocycles. The Kier molecular flexibility index (Phi) is 6.68. The second-order valence-electron chi connectivity index (χ2n) is 1.81. The topological polar surface area (TPSA) is 92.0 Å². The van der Waals surface area contributed by atoms with Crippen molar-refractivity contribution in [2.24, 2.45) is 5.73 Å². The van der Waals surface area contributed by atoms with Crippen molar-refractivity contribution in [1.82, 2.24) is 9.97 Å². The van der Waals surface area contributed by atoms with Crippen molar-refractivity contribution in [1.29, 1.82) is 0 Å². The second kappa shape index (κ2) is 5.82. The minimum Gasteiger partial charge on any atom is -0.480 e. The van der Waals surface area contributed by atoms with Gasteiger partial charge in [0, 0.05) is 6.20 Å². The van der Waals surface area contributed by atoms with Crippen LogP contribution in [0.2, 0.25) is 0 Å². The Hall–Kier alpha value is -0.780. The number of hydrogen-bond acceptors (Lipinski definition) is 3. The molecule has 1 rings (SSSR count). The van der Waals surface area contributed by atoms with Gasteiger partial charge in [-0.3, -0.25) is 4.79 Å². The van der Waals surface area contributed by atoms with Crippen molar-refractivity contribution in [2.75, 3.05) is 0 Å². The number of aromatic nitrogens is 2. The quantitative estimate of drug-likeness (QED) is 0.661. The van der Waals surface area contributed by atoms with Crippen LogP contribution in [0.1, 0.15) is 11.7 Å². The van der Waals surface area contributed by atoms with Crippen molar-refractivity contribution in [3.05, 3.63) is 18.2 Å². The Balaban J connectivity index is 0. The number of hydrogen-bond donors (Lipinski definition) is 3. The third kappa shape index (κ3) is 3.08. The summed E-state index contributed by atoms with van der Waals surface area (Å²) in [6.45, 7) is 0. The second-order valence-corrected chi connectivity index (χ2v) is 1.81. The molecule has 0 saturated carbocycles. The zero-order chi connectivity index (χ0) is 7.56. The molecule has 1 aromatic heterocycles. The number of carboxylic acid groups (broad SMARTS) is 1. The predicted octanol–water partition coefficient (Wildman–Crippen LogP) is 0.338. The molecule has 0 bridgehead atoms. The molecule has 0 aliphatic carbocycles. The molecule has 0 spiro atoms. The van der Waals surface area contributed by atoms with Gasteiger partial charge < -0.3 is 15.8 Å². The lowest BCUT2D eigenvalue weighted by Crippen LogP contribution is -2.20. The number of aromatic amines is 1. The summed E-state index contributed by atoms with van der Waals surface area (Å²) in [5.74, 6) is -1.08. The first-order valence-electron chi connectivity index (χ1n) is 2.69. The van der Waals surface area contributed by atoms with Gasteiger partial charge >= 0.3 is 5.97 Å². The smallest absolute Gasteiger partial charge is 0.326 e. The van der Waals surface area contributed by atoms with Gasteiger partial charge in [0.2, 0.25) is 0 Å². The van der Waals surface area contributed by atoms with E-state index in [1.54, 1.807) is 0 Å². The lowest BCUT2D eigenvalue weighted by atomic mass is 10.2. The number of rotatable bonds is 2. The van der Waals surface area contributed by atoms with Gasteiger partial charge in [0.25, 0.3) is 0 Å². The van der Waals surface area contributed by atoms with Gasteiger partial charge in [0.15, 0.2) is 0 Å². The average Bonchev–Trinajstić information content (AvgIpc) is 2.36. The highest BCUT2D eigenvalue weighted by Crippen LogP contribution is 2.03. The lowest BCUT2D eigenvalue weighted by Gasteiger charge is -1.98. The van der Waals surface area contributed by atoms with Crippen molar-refractivity contribution in [3.63, 3.8) is 0 Å². The van der Waals surface area contributed by atoms with Crippen LogP contribution in [0, 0.1) is 0 Å². The standard InChI is InChI=1S/C5H7N3O2.2ClH/c6-4(5(9)10)3-1-7-2-8-3;;/h1-2,4H,6H2,(H,7,8)(H,9,10);2*1H. The molecular weight excluding hydrogens is 205 g/mol. The zero-order valence-corrected chi connectivity index (χ0v) is 7.56. The van der Waals surface area contributed by atoms with Crippen molar-refractivity contribution < 1.29 is 9.90 Å². The first-order chi connectivity index (χ1) is 4.72. The normalized spacial score (nSPS) is 10.8. The summed E-state index contributed by atoms with van der Waals surface area (Å²) < 4.78 is 0. The predicted molar refractivity (Wildman–Crippen MR) is 47.6 cm³/mol. The van der Waals surface area contributed by atoms with E-state index < -0.39 is 12.0 Å². The van der Waals surface area contributed by atoms with Crippen LogP contribution in [0.5, 0.6) is 0 Å². The van der Waals surface area contributed by atoms with Crippen molar-refractivity contribution >= 4 is 30.8 Å². The largest absolute Gasteiger partial charge is 0.480 e. The van der Waals surface area contributed by atoms with Crippen LogP contribution in [0.15, 0.2) is 12.5 Å². The minimum atomic E-state index is -1.08. The summed E-state index contributed by atoms with van der Waals surface area (Å²) >= 11 is 0. The van der Waals surface area contributed by atoms with Gasteiger partial charge in [-0.15, -0.1) is 24.8 Å². The number of carbonyl (C=O) groups is 1. The fourth-order valence-corrected chi connectivity index (χ4v) is 0.568. The van der Waals surface area contributed by atoms with Crippen molar-refractivity contribution in [3.8, 4) is 0 Å². The molecule has 0 amide bonds. The van der Waals surface area contributed by atoms with Crippen LogP contribution in [0.25, 0.3) is 0 Å². The molecule has 0 fully saturated rings. The Morgan fingerprint density at radius 1 is 1.67 bits per heavy atom. The van der Waals surface area contributed by atoms with E-state index in [4.69, 9.17) is 10.8 Å². The zero-order valence-electron chi connectivity index (χ0n) is 5.93. The minimum absolute atomic E-state index is 0. The number of carboxylic acids is 1. The molecule has 1 heterocycles. The number of imidazole rings is 1. The molecule has 0 saturated heterocycles. The Morgan fingerprint density at radius 3 is 2.58 bits per heavy atom. The third-order valence-electron chi connectivity index (χ3n) is 1.10. The van der Waals surface area contributed by atoms with E-state index in [0.29, 0.717) is 5.69 Å². The molecular formula is C5H9Cl2N3O2. The molecule has 0 radical (unpaired) electrons. The third-order valence-corrected chi connectivity index (χ3v) is 1.10. The van der Waals surface area contributed by atoms with Crippen molar-refractivity contribution in [2.45, 2.75) is 6.04 Å². The summed E-state index contributed by atoms with van der Waals surface area (Å²) in [6.07, 6.45) is 2.84. The SMILES string of the molecule is Cl.Cl.NC(C(=O)O)c1c[nH]cn1. The summed E-state index contributed by atoms with van der Waals surface area (Å²) in [5, 5.41) is 8.37. The van der Waals surface area contributed by atoms with Gasteiger partial charge in [-0.25, -0.2) is 4.98 Å². The van der Waals surface area contributed by atoms with Crippen LogP contribution in [-0.4, -0.2) is 21.0 Å². The maximum Gasteiger partial charge on any atom is 0.326 e. The summed E-state index contributed by atoms with van der Waals surface area (Å²) in [4.78, 5) is 16.5. The van der Waals surface area contributed by atoms with Gasteiger partial charge in [-0.05, 0) is 0 Å². The van der Waals surface area contributed by atoms with E-state index in [1.807, 2.05) is 0 Å². The molecule has 1 unspecified atom stereocenters. The molecule has 0 aliphatic rings. The van der Waals surface area contributed by atoms with Gasteiger partial charge in [-0.2, -0.15) is 0 Å². The van der Waals surface area contributed by atoms with Crippen LogP contribution < -0.4 is 5.73 Å². The first-order valence-corrected chi connectivity index (χ1v) is 2.69. The summed E-state index contributed by atoms with van der Waals surface area (Å²) in [7, 11) is 0. The van der Waals surface area contributed by atoms with Gasteiger partial charge in [0.05, 0.1) is 12.0 Å². The van der Waals surface area contributed by atoms with E-state index in [-0.39, 0.29) is 24.8 Å². The molecule has 5 nitrogen and oxygen atoms in total. The molecule has 1 aromatic rings. The number of nitrogens with one attached hydrogen (secondary N) is 1. The van der Waals surface area contributed by atoms with E-state index in [2.05, 4.69) is 9.97 Å². The van der Waals surface area contributed by atoms with E-state index in [1.165, 1.54) is 12.5 Å². The molecule has 70 valence electrons. The van der Waals surface area contributed by atoms with Crippen LogP contribution in [-0.2, 0) is 4.79 Å². The Bertz CT molecular complexity index is 227. The van der Waals surface area contributed by atoms with Crippen LogP contribution in [0.4, 0.5) is 0 Å². The molecule has 1 atom stereocenters. The average molecular weight is 214 g/mol. The summed E-state index contributed by atoms with van der Waals surface area (Å²) in [5.41, 5.74) is 5.54. The highest BCUT2D eigenvalue weighted by atomic mass is 35.5. The first kappa shape index (κ1) is 13.8. The molecule has 4 N–H and O–H groups in total. The lowest BCUT2D eigenvalue weighted by molar-refractivity contribution is -0.138. The molecule has 12 heavy (non-hydrogen) atoms. The Labute approximate surface area is 81.2 Å². The number of nitrogens with two attached hydrogens (primary N) is 1. The van der Waals surface area contributed by atoms with Crippen LogP contribution in [0.3, 0.4) is 0 Å². The highest BCUT2D eigenvalue weighted by molar-refractivity contribution is 5.85. The van der Waals surface area contributed by atoms with E-state index in [0.717, 1.165) is 0 Å². The van der Waals surface area contributed by atoms with E-state index >= 15 is 0 Å². The number of nitrogens with zero attached hydrogens (tertiary/aromatic N) is 1. The maximum absolute atomic E-state index is 10.2. The maximum atomic E-state index is 10.2. The van der Waals surface area contributed by atoms with E-state index in [9.17, 15) is 4.79 Å². The molecule has 0 aromatic carbocycles. The van der Waals surface area contributed by atoms with Gasteiger partial charge in [0.1, 0.15) is 6.04 Å². The highest BCUT2D eigenvalue weighted by Gasteiger charge is 2.14. The fourth-order valence-electron chi connectivity index (χ4n) is 0.568. The summed E-state index contributed by atoms with van der Waals surface area (Å²) in [6, 6.07) is -1.02.